The van der Waals surface area contributed by atoms with Gasteiger partial charge in [0.05, 0.1) is 13.2 Å². The number of nitrogens with one attached hydrogen (secondary N) is 1. The van der Waals surface area contributed by atoms with E-state index >= 15 is 0 Å². The minimum atomic E-state index is -0.175. The fourth-order valence-electron chi connectivity index (χ4n) is 3.20. The highest BCUT2D eigenvalue weighted by molar-refractivity contribution is 5.97. The van der Waals surface area contributed by atoms with Crippen LogP contribution in [0.2, 0.25) is 0 Å². The van der Waals surface area contributed by atoms with Crippen LogP contribution in [0.1, 0.15) is 28.4 Å². The third kappa shape index (κ3) is 3.93. The number of fused-ring (bicyclic) bond motifs is 1. The second-order valence-electron chi connectivity index (χ2n) is 6.53. The Morgan fingerprint density at radius 1 is 1.00 bits per heavy atom. The van der Waals surface area contributed by atoms with Gasteiger partial charge in [0.2, 0.25) is 6.79 Å². The number of carbonyl (C=O) groups is 1. The molecule has 1 unspecified atom stereocenters. The van der Waals surface area contributed by atoms with E-state index in [0.29, 0.717) is 23.5 Å². The van der Waals surface area contributed by atoms with E-state index in [9.17, 15) is 4.79 Å². The Morgan fingerprint density at radius 3 is 2.50 bits per heavy atom. The molecule has 0 amide bonds. The van der Waals surface area contributed by atoms with Crippen molar-refractivity contribution in [1.29, 1.82) is 0 Å². The molecule has 1 atom stereocenters. The van der Waals surface area contributed by atoms with E-state index in [1.54, 1.807) is 25.3 Å². The molecule has 0 aliphatic carbocycles. The SMILES string of the molecule is COc1ccc(C(CC(=O)c2ccc3c(c2)OCO3)Nc2ccccc2)cc1. The fourth-order valence-corrected chi connectivity index (χ4v) is 3.20. The molecule has 0 radical (unpaired) electrons. The normalized spacial score (nSPS) is 13.0. The molecule has 1 aliphatic heterocycles. The Balaban J connectivity index is 1.58. The van der Waals surface area contributed by atoms with E-state index in [1.165, 1.54) is 0 Å². The molecule has 5 heteroatoms. The maximum absolute atomic E-state index is 13.0. The molecule has 3 aromatic rings. The molecule has 1 N–H and O–H groups in total. The highest BCUT2D eigenvalue weighted by Gasteiger charge is 2.20. The number of hydrogen-bond donors (Lipinski definition) is 1. The van der Waals surface area contributed by atoms with E-state index < -0.39 is 0 Å². The van der Waals surface area contributed by atoms with Crippen LogP contribution in [0.15, 0.2) is 72.8 Å². The van der Waals surface area contributed by atoms with Crippen LogP contribution in [-0.2, 0) is 0 Å². The van der Waals surface area contributed by atoms with Crippen LogP contribution in [-0.4, -0.2) is 19.7 Å². The lowest BCUT2D eigenvalue weighted by Gasteiger charge is -2.20. The highest BCUT2D eigenvalue weighted by atomic mass is 16.7. The van der Waals surface area contributed by atoms with Gasteiger partial charge in [-0.05, 0) is 48.0 Å². The molecule has 1 heterocycles. The van der Waals surface area contributed by atoms with E-state index in [2.05, 4.69) is 5.32 Å². The zero-order chi connectivity index (χ0) is 19.3. The van der Waals surface area contributed by atoms with Gasteiger partial charge in [-0.2, -0.15) is 0 Å². The van der Waals surface area contributed by atoms with Gasteiger partial charge in [-0.1, -0.05) is 30.3 Å². The summed E-state index contributed by atoms with van der Waals surface area (Å²) in [5.41, 5.74) is 2.58. The topological polar surface area (TPSA) is 56.8 Å². The van der Waals surface area contributed by atoms with Crippen molar-refractivity contribution in [2.45, 2.75) is 12.5 Å². The quantitative estimate of drug-likeness (QED) is 0.598. The Hall–Kier alpha value is -3.47. The lowest BCUT2D eigenvalue weighted by molar-refractivity contribution is 0.0976. The van der Waals surface area contributed by atoms with E-state index in [0.717, 1.165) is 17.0 Å². The molecule has 0 bridgehead atoms. The van der Waals surface area contributed by atoms with E-state index in [1.807, 2.05) is 54.6 Å². The molecule has 28 heavy (non-hydrogen) atoms. The minimum absolute atomic E-state index is 0.0301. The lowest BCUT2D eigenvalue weighted by atomic mass is 9.97. The molecular weight excluding hydrogens is 354 g/mol. The first-order chi connectivity index (χ1) is 13.7. The first kappa shape index (κ1) is 17.9. The summed E-state index contributed by atoms with van der Waals surface area (Å²) < 4.78 is 16.0. The van der Waals surface area contributed by atoms with Crippen molar-refractivity contribution >= 4 is 11.5 Å². The van der Waals surface area contributed by atoms with Gasteiger partial charge in [0.25, 0.3) is 0 Å². The standard InChI is InChI=1S/C23H21NO4/c1-26-19-10-7-16(8-11-19)20(24-18-5-3-2-4-6-18)14-21(25)17-9-12-22-23(13-17)28-15-27-22/h2-13,20,24H,14-15H2,1H3. The number of benzene rings is 3. The Bertz CT molecular complexity index is 954. The summed E-state index contributed by atoms with van der Waals surface area (Å²) in [6.45, 7) is 0.191. The Labute approximate surface area is 163 Å². The summed E-state index contributed by atoms with van der Waals surface area (Å²) in [4.78, 5) is 13.0. The number of methoxy groups -OCH3 is 1. The van der Waals surface area contributed by atoms with Gasteiger partial charge >= 0.3 is 0 Å². The maximum atomic E-state index is 13.0. The Kier molecular flexibility index (Phi) is 5.15. The van der Waals surface area contributed by atoms with Crippen LogP contribution >= 0.6 is 0 Å². The van der Waals surface area contributed by atoms with Crippen LogP contribution in [0.5, 0.6) is 17.2 Å². The van der Waals surface area contributed by atoms with Gasteiger partial charge in [0.15, 0.2) is 17.3 Å². The second kappa shape index (κ2) is 8.05. The number of ketones is 1. The van der Waals surface area contributed by atoms with Gasteiger partial charge in [-0.25, -0.2) is 0 Å². The summed E-state index contributed by atoms with van der Waals surface area (Å²) in [6, 6.07) is 22.8. The number of Topliss-reactive ketones (excluding diaryl/α,β-unsaturated/α-hetero) is 1. The van der Waals surface area contributed by atoms with Crippen molar-refractivity contribution in [3.05, 3.63) is 83.9 Å². The zero-order valence-electron chi connectivity index (χ0n) is 15.6. The van der Waals surface area contributed by atoms with Crippen molar-refractivity contribution < 1.29 is 19.0 Å². The van der Waals surface area contributed by atoms with Gasteiger partial charge in [-0.3, -0.25) is 4.79 Å². The molecule has 0 spiro atoms. The first-order valence-electron chi connectivity index (χ1n) is 9.11. The summed E-state index contributed by atoms with van der Waals surface area (Å²) in [5.74, 6) is 2.10. The van der Waals surface area contributed by atoms with Crippen molar-refractivity contribution in [3.63, 3.8) is 0 Å². The van der Waals surface area contributed by atoms with Gasteiger partial charge in [-0.15, -0.1) is 0 Å². The molecule has 0 fully saturated rings. The summed E-state index contributed by atoms with van der Waals surface area (Å²) >= 11 is 0. The number of hydrogen-bond acceptors (Lipinski definition) is 5. The Morgan fingerprint density at radius 2 is 1.75 bits per heavy atom. The van der Waals surface area contributed by atoms with Crippen LogP contribution in [0, 0.1) is 0 Å². The number of ether oxygens (including phenoxy) is 3. The van der Waals surface area contributed by atoms with Crippen LogP contribution < -0.4 is 19.5 Å². The monoisotopic (exact) mass is 375 g/mol. The minimum Gasteiger partial charge on any atom is -0.497 e. The molecule has 0 aromatic heterocycles. The van der Waals surface area contributed by atoms with Crippen molar-refractivity contribution in [2.24, 2.45) is 0 Å². The average molecular weight is 375 g/mol. The number of para-hydroxylation sites is 1. The smallest absolute Gasteiger partial charge is 0.231 e. The molecule has 0 saturated heterocycles. The third-order valence-electron chi connectivity index (χ3n) is 4.72. The van der Waals surface area contributed by atoms with E-state index in [-0.39, 0.29) is 18.6 Å². The molecule has 1 aliphatic rings. The number of rotatable bonds is 7. The van der Waals surface area contributed by atoms with Crippen LogP contribution in [0.4, 0.5) is 5.69 Å². The number of carbonyl (C=O) groups excluding carboxylic acids is 1. The van der Waals surface area contributed by atoms with Crippen molar-refractivity contribution in [1.82, 2.24) is 0 Å². The van der Waals surface area contributed by atoms with Crippen molar-refractivity contribution in [2.75, 3.05) is 19.2 Å². The lowest BCUT2D eigenvalue weighted by Crippen LogP contribution is -2.16. The molecular formula is C23H21NO4. The largest absolute Gasteiger partial charge is 0.497 e. The highest BCUT2D eigenvalue weighted by Crippen LogP contribution is 2.34. The average Bonchev–Trinajstić information content (AvgIpc) is 3.22. The second-order valence-corrected chi connectivity index (χ2v) is 6.53. The van der Waals surface area contributed by atoms with Crippen LogP contribution in [0.25, 0.3) is 0 Å². The van der Waals surface area contributed by atoms with E-state index in [4.69, 9.17) is 14.2 Å². The van der Waals surface area contributed by atoms with Crippen LogP contribution in [0.3, 0.4) is 0 Å². The summed E-state index contributed by atoms with van der Waals surface area (Å²) in [7, 11) is 1.64. The maximum Gasteiger partial charge on any atom is 0.231 e. The molecule has 0 saturated carbocycles. The van der Waals surface area contributed by atoms with Gasteiger partial charge in [0.1, 0.15) is 5.75 Å². The fraction of sp³-hybridized carbons (Fsp3) is 0.174. The first-order valence-corrected chi connectivity index (χ1v) is 9.11. The predicted molar refractivity (Wildman–Crippen MR) is 107 cm³/mol. The zero-order valence-corrected chi connectivity index (χ0v) is 15.6. The van der Waals surface area contributed by atoms with Gasteiger partial charge < -0.3 is 19.5 Å². The molecule has 4 rings (SSSR count). The molecule has 142 valence electrons. The predicted octanol–water partition coefficient (Wildman–Crippen LogP) is 4.85. The summed E-state index contributed by atoms with van der Waals surface area (Å²) in [6.07, 6.45) is 0.306. The number of anilines is 1. The van der Waals surface area contributed by atoms with Gasteiger partial charge in [0, 0.05) is 17.7 Å². The molecule has 3 aromatic carbocycles. The summed E-state index contributed by atoms with van der Waals surface area (Å²) in [5, 5.41) is 3.47. The van der Waals surface area contributed by atoms with Crippen molar-refractivity contribution in [3.8, 4) is 17.2 Å². The third-order valence-corrected chi connectivity index (χ3v) is 4.72. The molecule has 5 nitrogen and oxygen atoms in total.